The highest BCUT2D eigenvalue weighted by atomic mass is 32.2. The van der Waals surface area contributed by atoms with Gasteiger partial charge in [-0.15, -0.1) is 0 Å². The third kappa shape index (κ3) is 9.49. The zero-order chi connectivity index (χ0) is 31.9. The molecule has 0 saturated heterocycles. The largest absolute Gasteiger partial charge is 0.390 e. The minimum atomic E-state index is -3.67. The Labute approximate surface area is 261 Å². The number of aliphatic hydroxyl groups excluding tert-OH is 2. The Hall–Kier alpha value is -3.02. The van der Waals surface area contributed by atoms with Crippen LogP contribution in [0, 0.1) is 17.8 Å². The fraction of sp³-hybridized carbons (Fsp3) is 0.606. The second-order valence-electron chi connectivity index (χ2n) is 13.4. The first-order valence-electron chi connectivity index (χ1n) is 15.7. The number of carbonyl (C=O) groups excluding carboxylic acids is 2. The third-order valence-corrected chi connectivity index (χ3v) is 11.5. The number of aromatic amines is 1. The highest BCUT2D eigenvalue weighted by molar-refractivity contribution is 7.92. The highest BCUT2D eigenvalue weighted by Gasteiger charge is 2.40. The third-order valence-electron chi connectivity index (χ3n) is 8.82. The molecule has 44 heavy (non-hydrogen) atoms. The lowest BCUT2D eigenvalue weighted by molar-refractivity contribution is -0.132. The minimum absolute atomic E-state index is 0.0136. The van der Waals surface area contributed by atoms with Gasteiger partial charge < -0.3 is 25.8 Å². The molecule has 1 heterocycles. The van der Waals surface area contributed by atoms with Crippen molar-refractivity contribution in [2.24, 2.45) is 17.8 Å². The number of nitrogens with zero attached hydrogens (tertiary/aromatic N) is 1. The average Bonchev–Trinajstić information content (AvgIpc) is 3.71. The van der Waals surface area contributed by atoms with Crippen LogP contribution in [-0.2, 0) is 32.3 Å². The first kappa shape index (κ1) is 33.9. The Morgan fingerprint density at radius 3 is 2.34 bits per heavy atom. The van der Waals surface area contributed by atoms with E-state index in [1.165, 1.54) is 6.33 Å². The van der Waals surface area contributed by atoms with Crippen LogP contribution in [0.15, 0.2) is 55.0 Å². The number of hydrogen-bond donors (Lipinski definition) is 5. The van der Waals surface area contributed by atoms with Gasteiger partial charge in [0.05, 0.1) is 34.9 Å². The van der Waals surface area contributed by atoms with Crippen molar-refractivity contribution >= 4 is 21.7 Å². The molecule has 2 aliphatic rings. The summed E-state index contributed by atoms with van der Waals surface area (Å²) in [4.78, 5) is 34.8. The average molecular weight is 629 g/mol. The Balaban J connectivity index is 1.56. The van der Waals surface area contributed by atoms with E-state index in [0.29, 0.717) is 12.1 Å². The summed E-state index contributed by atoms with van der Waals surface area (Å²) >= 11 is 0. The van der Waals surface area contributed by atoms with Crippen LogP contribution in [-0.4, -0.2) is 75.2 Å². The Morgan fingerprint density at radius 1 is 1.02 bits per heavy atom. The molecule has 1 aromatic heterocycles. The number of rotatable bonds is 15. The lowest BCUT2D eigenvalue weighted by Crippen LogP contribution is -2.57. The number of hydrogen-bond acceptors (Lipinski definition) is 7. The van der Waals surface area contributed by atoms with E-state index < -0.39 is 56.6 Å². The molecular formula is C33H48N4O6S. The number of benzene rings is 1. The molecule has 10 nitrogen and oxygen atoms in total. The SMILES string of the molecule is CC(C)(C)S(=O)(=O)C[C@@H](Cc1ccccc1)C(=O)N[C@@H](Cc1cnc[nH]1)C(=O)N[C@@H](C[C@H]1CC=CCC1)[C@@H](O)[C@@H](O)C1CC1. The molecule has 2 amide bonds. The molecule has 0 aliphatic heterocycles. The van der Waals surface area contributed by atoms with Crippen molar-refractivity contribution in [1.29, 1.82) is 0 Å². The molecule has 2 aliphatic carbocycles. The minimum Gasteiger partial charge on any atom is -0.390 e. The summed E-state index contributed by atoms with van der Waals surface area (Å²) in [6, 6.07) is 7.42. The van der Waals surface area contributed by atoms with E-state index in [2.05, 4.69) is 32.8 Å². The molecule has 242 valence electrons. The molecular weight excluding hydrogens is 580 g/mol. The van der Waals surface area contributed by atoms with Crippen LogP contribution in [0.1, 0.15) is 70.6 Å². The predicted molar refractivity (Wildman–Crippen MR) is 169 cm³/mol. The number of allylic oxidation sites excluding steroid dienone is 2. The Morgan fingerprint density at radius 2 is 1.75 bits per heavy atom. The van der Waals surface area contributed by atoms with Crippen molar-refractivity contribution in [3.63, 3.8) is 0 Å². The predicted octanol–water partition coefficient (Wildman–Crippen LogP) is 2.87. The van der Waals surface area contributed by atoms with Crippen molar-refractivity contribution in [3.8, 4) is 0 Å². The van der Waals surface area contributed by atoms with Crippen molar-refractivity contribution in [1.82, 2.24) is 20.6 Å². The highest BCUT2D eigenvalue weighted by Crippen LogP contribution is 2.35. The number of aliphatic hydroxyl groups is 2. The molecule has 0 spiro atoms. The van der Waals surface area contributed by atoms with E-state index in [-0.39, 0.29) is 30.4 Å². The summed E-state index contributed by atoms with van der Waals surface area (Å²) in [5, 5.41) is 27.8. The van der Waals surface area contributed by atoms with E-state index >= 15 is 0 Å². The summed E-state index contributed by atoms with van der Waals surface area (Å²) in [5.41, 5.74) is 1.42. The van der Waals surface area contributed by atoms with Gasteiger partial charge in [0, 0.05) is 18.3 Å². The van der Waals surface area contributed by atoms with Crippen LogP contribution in [0.3, 0.4) is 0 Å². The van der Waals surface area contributed by atoms with Crippen molar-refractivity contribution < 1.29 is 28.2 Å². The Kier molecular flexibility index (Phi) is 11.4. The smallest absolute Gasteiger partial charge is 0.243 e. The number of imidazole rings is 1. The first-order chi connectivity index (χ1) is 20.8. The van der Waals surface area contributed by atoms with Gasteiger partial charge in [-0.2, -0.15) is 0 Å². The van der Waals surface area contributed by atoms with Crippen LogP contribution >= 0.6 is 0 Å². The van der Waals surface area contributed by atoms with E-state index in [0.717, 1.165) is 37.7 Å². The van der Waals surface area contributed by atoms with Gasteiger partial charge in [-0.25, -0.2) is 13.4 Å². The maximum Gasteiger partial charge on any atom is 0.243 e. The van der Waals surface area contributed by atoms with E-state index in [1.54, 1.807) is 27.0 Å². The molecule has 6 atom stereocenters. The summed E-state index contributed by atoms with van der Waals surface area (Å²) < 4.78 is 25.4. The molecule has 2 aromatic rings. The van der Waals surface area contributed by atoms with Gasteiger partial charge in [-0.3, -0.25) is 9.59 Å². The van der Waals surface area contributed by atoms with Crippen molar-refractivity contribution in [3.05, 3.63) is 66.3 Å². The van der Waals surface area contributed by atoms with Gasteiger partial charge in [0.15, 0.2) is 9.84 Å². The van der Waals surface area contributed by atoms with Crippen molar-refractivity contribution in [2.75, 3.05) is 5.75 Å². The first-order valence-corrected chi connectivity index (χ1v) is 17.3. The number of H-pyrrole nitrogens is 1. The van der Waals surface area contributed by atoms with Gasteiger partial charge in [0.25, 0.3) is 0 Å². The number of amides is 2. The van der Waals surface area contributed by atoms with Gasteiger partial charge in [-0.1, -0.05) is 42.5 Å². The van der Waals surface area contributed by atoms with Crippen molar-refractivity contribution in [2.45, 2.75) is 101 Å². The van der Waals surface area contributed by atoms with Crippen LogP contribution in [0.25, 0.3) is 0 Å². The summed E-state index contributed by atoms with van der Waals surface area (Å²) in [6.07, 6.45) is 10.3. The lowest BCUT2D eigenvalue weighted by Gasteiger charge is -2.33. The zero-order valence-corrected chi connectivity index (χ0v) is 26.8. The molecule has 0 bridgehead atoms. The molecule has 1 aromatic carbocycles. The molecule has 1 saturated carbocycles. The maximum absolute atomic E-state index is 13.9. The molecule has 4 rings (SSSR count). The van der Waals surface area contributed by atoms with E-state index in [1.807, 2.05) is 30.3 Å². The summed E-state index contributed by atoms with van der Waals surface area (Å²) in [6.45, 7) is 4.83. The van der Waals surface area contributed by atoms with E-state index in [9.17, 15) is 28.2 Å². The fourth-order valence-corrected chi connectivity index (χ4v) is 7.01. The van der Waals surface area contributed by atoms with E-state index in [4.69, 9.17) is 0 Å². The quantitative estimate of drug-likeness (QED) is 0.190. The molecule has 0 unspecified atom stereocenters. The molecule has 11 heteroatoms. The maximum atomic E-state index is 13.9. The lowest BCUT2D eigenvalue weighted by atomic mass is 9.85. The second-order valence-corrected chi connectivity index (χ2v) is 16.2. The van der Waals surface area contributed by atoms with Crippen LogP contribution in [0.5, 0.6) is 0 Å². The molecule has 0 radical (unpaired) electrons. The number of aromatic nitrogens is 2. The standard InChI is InChI=1S/C33H48N4O6S/c1-33(2,3)44(42,43)20-25(16-22-10-6-4-7-11-22)31(40)37-28(18-26-19-34-21-35-26)32(41)36-27(17-23-12-8-5-9-13-23)30(39)29(38)24-14-15-24/h4-8,10-11,19,21,23-25,27-30,38-39H,9,12-18,20H2,1-3H3,(H,34,35)(H,36,41)(H,37,40)/t23-,25+,27-,28-,29-,30+/m0/s1. The fourth-order valence-electron chi connectivity index (χ4n) is 5.71. The van der Waals surface area contributed by atoms with Gasteiger partial charge in [0.2, 0.25) is 11.8 Å². The molecule has 1 fully saturated rings. The topological polar surface area (TPSA) is 161 Å². The monoisotopic (exact) mass is 628 g/mol. The van der Waals surface area contributed by atoms with Crippen LogP contribution in [0.4, 0.5) is 0 Å². The number of carbonyl (C=O) groups is 2. The number of sulfone groups is 1. The van der Waals surface area contributed by atoms with Gasteiger partial charge in [0.1, 0.15) is 12.1 Å². The second kappa shape index (κ2) is 14.8. The normalized spacial score (nSPS) is 20.7. The summed E-state index contributed by atoms with van der Waals surface area (Å²) in [7, 11) is -3.67. The summed E-state index contributed by atoms with van der Waals surface area (Å²) in [5.74, 6) is -2.12. The van der Waals surface area contributed by atoms with Gasteiger partial charge >= 0.3 is 0 Å². The van der Waals surface area contributed by atoms with Crippen LogP contribution < -0.4 is 10.6 Å². The van der Waals surface area contributed by atoms with Gasteiger partial charge in [-0.05, 0) is 83.1 Å². The number of nitrogens with one attached hydrogen (secondary N) is 3. The molecule has 5 N–H and O–H groups in total. The zero-order valence-electron chi connectivity index (χ0n) is 26.0. The Bertz CT molecular complexity index is 1350. The van der Waals surface area contributed by atoms with Crippen LogP contribution in [0.2, 0.25) is 0 Å².